The molecule has 4 heterocycles. The molecule has 1 unspecified atom stereocenters. The topological polar surface area (TPSA) is 100 Å². The van der Waals surface area contributed by atoms with E-state index < -0.39 is 6.03 Å². The first-order chi connectivity index (χ1) is 18.3. The van der Waals surface area contributed by atoms with Gasteiger partial charge < -0.3 is 15.0 Å². The van der Waals surface area contributed by atoms with E-state index in [4.69, 9.17) is 9.72 Å². The van der Waals surface area contributed by atoms with E-state index in [0.717, 1.165) is 62.8 Å². The number of hydrogen-bond donors (Lipinski definition) is 2. The van der Waals surface area contributed by atoms with E-state index in [0.29, 0.717) is 17.7 Å². The number of morpholine rings is 1. The van der Waals surface area contributed by atoms with Crippen molar-refractivity contribution in [2.75, 3.05) is 48.4 Å². The van der Waals surface area contributed by atoms with Crippen LogP contribution in [0.15, 0.2) is 42.7 Å². The van der Waals surface area contributed by atoms with Gasteiger partial charge in [-0.3, -0.25) is 10.2 Å². The number of aryl methyl sites for hydroxylation is 1. The number of amides is 2. The fourth-order valence-corrected chi connectivity index (χ4v) is 5.19. The number of carbonyl (C=O) groups is 1. The Balaban J connectivity index is 1.21. The molecule has 10 nitrogen and oxygen atoms in total. The van der Waals surface area contributed by atoms with Crippen LogP contribution in [0.25, 0.3) is 5.69 Å². The Morgan fingerprint density at radius 1 is 1.05 bits per heavy atom. The van der Waals surface area contributed by atoms with E-state index in [1.165, 1.54) is 12.0 Å². The van der Waals surface area contributed by atoms with Crippen molar-refractivity contribution in [3.05, 3.63) is 53.9 Å². The molecule has 0 radical (unpaired) electrons. The number of nitrogens with one attached hydrogen (secondary N) is 2. The van der Waals surface area contributed by atoms with E-state index in [-0.39, 0.29) is 5.41 Å². The molecule has 3 aromatic rings. The lowest BCUT2D eigenvalue weighted by Gasteiger charge is -2.45. The van der Waals surface area contributed by atoms with Crippen LogP contribution in [-0.2, 0) is 10.2 Å². The molecule has 0 aliphatic carbocycles. The molecule has 1 aromatic carbocycles. The second-order valence-corrected chi connectivity index (χ2v) is 11.1. The van der Waals surface area contributed by atoms with E-state index in [1.54, 1.807) is 17.1 Å². The molecule has 2 saturated heterocycles. The minimum absolute atomic E-state index is 0.0787. The number of benzene rings is 1. The summed E-state index contributed by atoms with van der Waals surface area (Å²) in [6, 6.07) is 9.76. The molecule has 0 bridgehead atoms. The number of nitrogens with zero attached hydrogens (tertiary/aromatic N) is 6. The van der Waals surface area contributed by atoms with Crippen molar-refractivity contribution in [2.24, 2.45) is 0 Å². The molecule has 10 heteroatoms. The maximum Gasteiger partial charge on any atom is 0.324 e. The van der Waals surface area contributed by atoms with Crippen LogP contribution < -0.4 is 15.5 Å². The Labute approximate surface area is 224 Å². The lowest BCUT2D eigenvalue weighted by molar-refractivity contribution is 0.0106. The van der Waals surface area contributed by atoms with Gasteiger partial charge in [0.2, 0.25) is 0 Å². The molecule has 2 aromatic heterocycles. The lowest BCUT2D eigenvalue weighted by atomic mass is 9.87. The molecule has 2 fully saturated rings. The zero-order valence-corrected chi connectivity index (χ0v) is 22.8. The molecule has 1 atom stereocenters. The standard InChI is InChI=1S/C28H38N8O2/c1-20-17-22(18-29-26(20)35-12-6-5-7-25(35)34-13-15-38-16-14-34)30-27(37)31-24-19-36(33-32-24)23-10-8-21(9-11-23)28(2,3)4/h8-11,17-19,25H,5-7,12-16H2,1-4H3,(H2,30,31,37). The number of anilines is 3. The summed E-state index contributed by atoms with van der Waals surface area (Å²) in [6.07, 6.45) is 7.27. The van der Waals surface area contributed by atoms with Crippen LogP contribution in [0.4, 0.5) is 22.1 Å². The van der Waals surface area contributed by atoms with E-state index in [2.05, 4.69) is 63.6 Å². The van der Waals surface area contributed by atoms with Gasteiger partial charge in [0.05, 0.1) is 43.1 Å². The van der Waals surface area contributed by atoms with Crippen molar-refractivity contribution >= 4 is 23.4 Å². The second kappa shape index (κ2) is 11.1. The molecular formula is C28H38N8O2. The predicted octanol–water partition coefficient (Wildman–Crippen LogP) is 4.56. The van der Waals surface area contributed by atoms with E-state index in [1.807, 2.05) is 25.1 Å². The van der Waals surface area contributed by atoms with Gasteiger partial charge in [-0.15, -0.1) is 5.10 Å². The second-order valence-electron chi connectivity index (χ2n) is 11.1. The van der Waals surface area contributed by atoms with Gasteiger partial charge in [-0.2, -0.15) is 0 Å². The summed E-state index contributed by atoms with van der Waals surface area (Å²) < 4.78 is 7.20. The Bertz CT molecular complexity index is 1240. The van der Waals surface area contributed by atoms with Gasteiger partial charge in [-0.1, -0.05) is 38.1 Å². The summed E-state index contributed by atoms with van der Waals surface area (Å²) in [4.78, 5) is 22.4. The number of aromatic nitrogens is 4. The number of rotatable bonds is 5. The Morgan fingerprint density at radius 3 is 2.53 bits per heavy atom. The van der Waals surface area contributed by atoms with Crippen molar-refractivity contribution in [2.45, 2.75) is 58.5 Å². The summed E-state index contributed by atoms with van der Waals surface area (Å²) in [5, 5.41) is 13.9. The largest absolute Gasteiger partial charge is 0.379 e. The highest BCUT2D eigenvalue weighted by Gasteiger charge is 2.30. The van der Waals surface area contributed by atoms with Gasteiger partial charge in [0.1, 0.15) is 5.82 Å². The van der Waals surface area contributed by atoms with Crippen LogP contribution in [0.2, 0.25) is 0 Å². The molecule has 2 aliphatic rings. The molecule has 2 amide bonds. The van der Waals surface area contributed by atoms with Gasteiger partial charge in [0, 0.05) is 19.6 Å². The number of urea groups is 1. The molecule has 2 N–H and O–H groups in total. The van der Waals surface area contributed by atoms with Crippen molar-refractivity contribution in [1.82, 2.24) is 24.9 Å². The highest BCUT2D eigenvalue weighted by Crippen LogP contribution is 2.29. The summed E-state index contributed by atoms with van der Waals surface area (Å²) in [7, 11) is 0. The van der Waals surface area contributed by atoms with Crippen LogP contribution in [0, 0.1) is 6.92 Å². The first-order valence-corrected chi connectivity index (χ1v) is 13.4. The molecule has 5 rings (SSSR count). The molecule has 0 spiro atoms. The number of pyridine rings is 1. The number of piperidine rings is 1. The zero-order valence-electron chi connectivity index (χ0n) is 22.8. The molecule has 38 heavy (non-hydrogen) atoms. The molecule has 2 aliphatic heterocycles. The number of carbonyl (C=O) groups excluding carboxylic acids is 1. The third-order valence-electron chi connectivity index (χ3n) is 7.25. The smallest absolute Gasteiger partial charge is 0.324 e. The van der Waals surface area contributed by atoms with Crippen LogP contribution in [-0.4, -0.2) is 69.9 Å². The maximum absolute atomic E-state index is 12.7. The van der Waals surface area contributed by atoms with Crippen LogP contribution >= 0.6 is 0 Å². The average molecular weight is 519 g/mol. The third kappa shape index (κ3) is 5.97. The van der Waals surface area contributed by atoms with Gasteiger partial charge in [0.25, 0.3) is 0 Å². The SMILES string of the molecule is Cc1cc(NC(=O)Nc2cn(-c3ccc(C(C)(C)C)cc3)nn2)cnc1N1CCCCC1N1CCOCC1. The monoisotopic (exact) mass is 518 g/mol. The average Bonchev–Trinajstić information content (AvgIpc) is 3.37. The summed E-state index contributed by atoms with van der Waals surface area (Å²) in [5.41, 5.74) is 3.87. The Kier molecular flexibility index (Phi) is 7.62. The van der Waals surface area contributed by atoms with Crippen molar-refractivity contribution < 1.29 is 9.53 Å². The predicted molar refractivity (Wildman–Crippen MR) is 149 cm³/mol. The van der Waals surface area contributed by atoms with Crippen molar-refractivity contribution in [3.63, 3.8) is 0 Å². The van der Waals surface area contributed by atoms with Crippen molar-refractivity contribution in [1.29, 1.82) is 0 Å². The normalized spacial score (nSPS) is 18.8. The maximum atomic E-state index is 12.7. The van der Waals surface area contributed by atoms with E-state index in [9.17, 15) is 4.79 Å². The fraction of sp³-hybridized carbons (Fsp3) is 0.500. The zero-order chi connectivity index (χ0) is 26.7. The minimum atomic E-state index is -0.391. The minimum Gasteiger partial charge on any atom is -0.379 e. The summed E-state index contributed by atoms with van der Waals surface area (Å²) >= 11 is 0. The lowest BCUT2D eigenvalue weighted by Crippen LogP contribution is -2.55. The first-order valence-electron chi connectivity index (χ1n) is 13.4. The molecular weight excluding hydrogens is 480 g/mol. The molecule has 202 valence electrons. The summed E-state index contributed by atoms with van der Waals surface area (Å²) in [5.74, 6) is 1.35. The molecule has 0 saturated carbocycles. The number of hydrogen-bond acceptors (Lipinski definition) is 7. The number of ether oxygens (including phenoxy) is 1. The van der Waals surface area contributed by atoms with Gasteiger partial charge in [-0.25, -0.2) is 14.5 Å². The first kappa shape index (κ1) is 26.1. The summed E-state index contributed by atoms with van der Waals surface area (Å²) in [6.45, 7) is 13.0. The van der Waals surface area contributed by atoms with Crippen LogP contribution in [0.3, 0.4) is 0 Å². The quantitative estimate of drug-likeness (QED) is 0.511. The fourth-order valence-electron chi connectivity index (χ4n) is 5.19. The van der Waals surface area contributed by atoms with Crippen LogP contribution in [0.5, 0.6) is 0 Å². The van der Waals surface area contributed by atoms with Gasteiger partial charge >= 0.3 is 6.03 Å². The Hall–Kier alpha value is -3.50. The highest BCUT2D eigenvalue weighted by molar-refractivity contribution is 5.99. The highest BCUT2D eigenvalue weighted by atomic mass is 16.5. The van der Waals surface area contributed by atoms with Gasteiger partial charge in [0.15, 0.2) is 5.82 Å². The Morgan fingerprint density at radius 2 is 1.82 bits per heavy atom. The van der Waals surface area contributed by atoms with Gasteiger partial charge in [-0.05, 0) is 60.9 Å². The van der Waals surface area contributed by atoms with E-state index >= 15 is 0 Å². The third-order valence-corrected chi connectivity index (χ3v) is 7.25. The van der Waals surface area contributed by atoms with Crippen molar-refractivity contribution in [3.8, 4) is 5.69 Å². The van der Waals surface area contributed by atoms with Crippen LogP contribution in [0.1, 0.15) is 51.2 Å².